The van der Waals surface area contributed by atoms with Gasteiger partial charge in [0, 0.05) is 16.5 Å². The van der Waals surface area contributed by atoms with E-state index in [1.54, 1.807) is 4.68 Å². The molecule has 0 fully saturated rings. The van der Waals surface area contributed by atoms with Gasteiger partial charge in [0.1, 0.15) is 0 Å². The van der Waals surface area contributed by atoms with Crippen molar-refractivity contribution >= 4 is 16.8 Å². The molecule has 0 saturated carbocycles. The monoisotopic (exact) mass is 298 g/mol. The fourth-order valence-electron chi connectivity index (χ4n) is 2.78. The molecule has 0 unspecified atom stereocenters. The van der Waals surface area contributed by atoms with Crippen LogP contribution in [0.1, 0.15) is 5.56 Å². The second kappa shape index (κ2) is 5.50. The zero-order chi connectivity index (χ0) is 15.6. The summed E-state index contributed by atoms with van der Waals surface area (Å²) in [6, 6.07) is 22.3. The lowest BCUT2D eigenvalue weighted by Crippen LogP contribution is -2.03. The molecule has 0 bridgehead atoms. The lowest BCUT2D eigenvalue weighted by atomic mass is 10.0. The van der Waals surface area contributed by atoms with Crippen LogP contribution in [-0.4, -0.2) is 20.2 Å². The van der Waals surface area contributed by atoms with E-state index in [4.69, 9.17) is 0 Å². The van der Waals surface area contributed by atoms with Gasteiger partial charge in [0.05, 0.1) is 5.69 Å². The van der Waals surface area contributed by atoms with Gasteiger partial charge in [-0.05, 0) is 15.8 Å². The first kappa shape index (κ1) is 13.4. The standard InChI is InChI=1S/C19H14N4/c1-2-14-12-13-15-8-6-7-11-17(15)18(14)23-19(20-21-22-23)16-9-4-3-5-10-16/h2-13H,1H2. The van der Waals surface area contributed by atoms with E-state index in [0.717, 1.165) is 27.6 Å². The smallest absolute Gasteiger partial charge is 0.187 e. The molecular weight excluding hydrogens is 284 g/mol. The van der Waals surface area contributed by atoms with Crippen LogP contribution in [0.2, 0.25) is 0 Å². The van der Waals surface area contributed by atoms with Crippen molar-refractivity contribution in [3.8, 4) is 17.1 Å². The summed E-state index contributed by atoms with van der Waals surface area (Å²) in [5.41, 5.74) is 2.91. The Morgan fingerprint density at radius 2 is 1.65 bits per heavy atom. The van der Waals surface area contributed by atoms with E-state index >= 15 is 0 Å². The van der Waals surface area contributed by atoms with Crippen molar-refractivity contribution in [2.45, 2.75) is 0 Å². The summed E-state index contributed by atoms with van der Waals surface area (Å²) in [6.45, 7) is 3.93. The summed E-state index contributed by atoms with van der Waals surface area (Å²) in [5.74, 6) is 0.713. The molecule has 1 aromatic heterocycles. The highest BCUT2D eigenvalue weighted by Gasteiger charge is 2.15. The first-order valence-corrected chi connectivity index (χ1v) is 7.37. The third-order valence-corrected chi connectivity index (χ3v) is 3.87. The number of benzene rings is 3. The molecule has 4 rings (SSSR count). The van der Waals surface area contributed by atoms with Crippen LogP contribution >= 0.6 is 0 Å². The maximum atomic E-state index is 4.23. The summed E-state index contributed by atoms with van der Waals surface area (Å²) < 4.78 is 1.79. The maximum absolute atomic E-state index is 4.23. The molecule has 0 atom stereocenters. The first-order chi connectivity index (χ1) is 11.4. The number of tetrazole rings is 1. The fraction of sp³-hybridized carbons (Fsp3) is 0. The lowest BCUT2D eigenvalue weighted by molar-refractivity contribution is 0.794. The average molecular weight is 298 g/mol. The van der Waals surface area contributed by atoms with Crippen molar-refractivity contribution in [1.29, 1.82) is 0 Å². The summed E-state index contributed by atoms with van der Waals surface area (Å²) >= 11 is 0. The summed E-state index contributed by atoms with van der Waals surface area (Å²) in [4.78, 5) is 0. The number of hydrogen-bond donors (Lipinski definition) is 0. The minimum atomic E-state index is 0.713. The molecule has 0 N–H and O–H groups in total. The lowest BCUT2D eigenvalue weighted by Gasteiger charge is -2.12. The quantitative estimate of drug-likeness (QED) is 0.571. The third-order valence-electron chi connectivity index (χ3n) is 3.87. The molecule has 0 amide bonds. The minimum absolute atomic E-state index is 0.713. The van der Waals surface area contributed by atoms with Gasteiger partial charge in [-0.3, -0.25) is 0 Å². The van der Waals surface area contributed by atoms with E-state index in [0.29, 0.717) is 5.82 Å². The van der Waals surface area contributed by atoms with Crippen molar-refractivity contribution in [1.82, 2.24) is 20.2 Å². The Bertz CT molecular complexity index is 987. The number of aromatic nitrogens is 4. The molecule has 0 saturated heterocycles. The topological polar surface area (TPSA) is 43.6 Å². The predicted octanol–water partition coefficient (Wildman–Crippen LogP) is 4.13. The highest BCUT2D eigenvalue weighted by molar-refractivity contribution is 5.94. The Labute approximate surface area is 133 Å². The van der Waals surface area contributed by atoms with Crippen LogP contribution in [0.4, 0.5) is 0 Å². The minimum Gasteiger partial charge on any atom is -0.192 e. The van der Waals surface area contributed by atoms with Crippen LogP contribution in [0.15, 0.2) is 73.3 Å². The molecular formula is C19H14N4. The number of rotatable bonds is 3. The van der Waals surface area contributed by atoms with Crippen LogP contribution in [-0.2, 0) is 0 Å². The van der Waals surface area contributed by atoms with Gasteiger partial charge in [-0.1, -0.05) is 79.4 Å². The molecule has 0 spiro atoms. The van der Waals surface area contributed by atoms with Gasteiger partial charge in [-0.2, -0.15) is 4.68 Å². The molecule has 0 aliphatic rings. The van der Waals surface area contributed by atoms with Crippen molar-refractivity contribution < 1.29 is 0 Å². The summed E-state index contributed by atoms with van der Waals surface area (Å²) in [6.07, 6.45) is 1.83. The number of fused-ring (bicyclic) bond motifs is 1. The van der Waals surface area contributed by atoms with Crippen molar-refractivity contribution in [3.63, 3.8) is 0 Å². The molecule has 4 aromatic rings. The first-order valence-electron chi connectivity index (χ1n) is 7.37. The zero-order valence-electron chi connectivity index (χ0n) is 12.4. The highest BCUT2D eigenvalue weighted by Crippen LogP contribution is 2.29. The van der Waals surface area contributed by atoms with E-state index in [1.807, 2.05) is 54.6 Å². The van der Waals surface area contributed by atoms with Crippen LogP contribution in [0.5, 0.6) is 0 Å². The number of hydrogen-bond acceptors (Lipinski definition) is 3. The zero-order valence-corrected chi connectivity index (χ0v) is 12.4. The van der Waals surface area contributed by atoms with E-state index in [-0.39, 0.29) is 0 Å². The third kappa shape index (κ3) is 2.21. The molecule has 1 heterocycles. The Balaban J connectivity index is 2.05. The second-order valence-corrected chi connectivity index (χ2v) is 5.21. The van der Waals surface area contributed by atoms with Crippen LogP contribution < -0.4 is 0 Å². The van der Waals surface area contributed by atoms with E-state index in [1.165, 1.54) is 0 Å². The van der Waals surface area contributed by atoms with E-state index in [9.17, 15) is 0 Å². The molecule has 3 aromatic carbocycles. The predicted molar refractivity (Wildman–Crippen MR) is 92.2 cm³/mol. The second-order valence-electron chi connectivity index (χ2n) is 5.21. The molecule has 0 aliphatic carbocycles. The SMILES string of the molecule is C=Cc1ccc2ccccc2c1-n1nnnc1-c1ccccc1. The van der Waals surface area contributed by atoms with Gasteiger partial charge < -0.3 is 0 Å². The van der Waals surface area contributed by atoms with Gasteiger partial charge in [0.2, 0.25) is 0 Å². The molecule has 4 nitrogen and oxygen atoms in total. The normalized spacial score (nSPS) is 10.8. The van der Waals surface area contributed by atoms with Crippen molar-refractivity contribution in [2.75, 3.05) is 0 Å². The molecule has 110 valence electrons. The molecule has 0 aliphatic heterocycles. The van der Waals surface area contributed by atoms with Gasteiger partial charge >= 0.3 is 0 Å². The Hall–Kier alpha value is -3.27. The van der Waals surface area contributed by atoms with Crippen LogP contribution in [0, 0.1) is 0 Å². The Morgan fingerprint density at radius 1 is 0.870 bits per heavy atom. The van der Waals surface area contributed by atoms with Gasteiger partial charge in [-0.25, -0.2) is 0 Å². The summed E-state index contributed by atoms with van der Waals surface area (Å²) in [7, 11) is 0. The fourth-order valence-corrected chi connectivity index (χ4v) is 2.78. The highest BCUT2D eigenvalue weighted by atomic mass is 15.5. The van der Waals surface area contributed by atoms with Crippen LogP contribution in [0.25, 0.3) is 33.9 Å². The largest absolute Gasteiger partial charge is 0.192 e. The molecule has 4 heteroatoms. The molecule has 23 heavy (non-hydrogen) atoms. The summed E-state index contributed by atoms with van der Waals surface area (Å²) in [5, 5.41) is 14.6. The average Bonchev–Trinajstić information content (AvgIpc) is 3.10. The van der Waals surface area contributed by atoms with Gasteiger partial charge in [-0.15, -0.1) is 5.10 Å². The molecule has 0 radical (unpaired) electrons. The Kier molecular flexibility index (Phi) is 3.20. The Morgan fingerprint density at radius 3 is 2.48 bits per heavy atom. The van der Waals surface area contributed by atoms with Crippen molar-refractivity contribution in [2.24, 2.45) is 0 Å². The van der Waals surface area contributed by atoms with E-state index < -0.39 is 0 Å². The van der Waals surface area contributed by atoms with Gasteiger partial charge in [0.15, 0.2) is 5.82 Å². The van der Waals surface area contributed by atoms with E-state index in [2.05, 4.69) is 40.3 Å². The van der Waals surface area contributed by atoms with Crippen molar-refractivity contribution in [3.05, 3.63) is 78.9 Å². The number of nitrogens with zero attached hydrogens (tertiary/aromatic N) is 4. The maximum Gasteiger partial charge on any atom is 0.187 e. The van der Waals surface area contributed by atoms with Gasteiger partial charge in [0.25, 0.3) is 0 Å². The van der Waals surface area contributed by atoms with Crippen LogP contribution in [0.3, 0.4) is 0 Å².